The highest BCUT2D eigenvalue weighted by Crippen LogP contribution is 2.30. The van der Waals surface area contributed by atoms with Gasteiger partial charge in [-0.3, -0.25) is 4.79 Å². The number of thioether (sulfide) groups is 1. The number of rotatable bonds is 7. The molecule has 0 bridgehead atoms. The summed E-state index contributed by atoms with van der Waals surface area (Å²) in [6.45, 7) is 4.22. The highest BCUT2D eigenvalue weighted by Gasteiger charge is 2.25. The fourth-order valence-corrected chi connectivity index (χ4v) is 6.66. The zero-order chi connectivity index (χ0) is 22.0. The van der Waals surface area contributed by atoms with Crippen LogP contribution in [-0.4, -0.2) is 29.0 Å². The molecule has 2 aromatic heterocycles. The van der Waals surface area contributed by atoms with Gasteiger partial charge in [0.05, 0.1) is 16.8 Å². The second-order valence-electron chi connectivity index (χ2n) is 7.20. The van der Waals surface area contributed by atoms with Crippen molar-refractivity contribution in [1.82, 2.24) is 8.96 Å². The molecule has 31 heavy (non-hydrogen) atoms. The Bertz CT molecular complexity index is 1310. The number of hydrogen-bond donors (Lipinski definition) is 1. The van der Waals surface area contributed by atoms with Gasteiger partial charge in [-0.05, 0) is 47.2 Å². The van der Waals surface area contributed by atoms with Gasteiger partial charge in [0, 0.05) is 5.69 Å². The number of nitrogens with zero attached hydrogens (tertiary/aromatic N) is 2. The number of imidazole rings is 1. The molecule has 0 aliphatic carbocycles. The van der Waals surface area contributed by atoms with Crippen molar-refractivity contribution in [2.45, 2.75) is 29.1 Å². The first-order valence-corrected chi connectivity index (χ1v) is 13.0. The molecule has 4 rings (SSSR count). The third-order valence-electron chi connectivity index (χ3n) is 4.67. The van der Waals surface area contributed by atoms with Crippen LogP contribution in [0.2, 0.25) is 0 Å². The Kier molecular flexibility index (Phi) is 6.17. The molecule has 1 amide bonds. The average molecular weight is 472 g/mol. The van der Waals surface area contributed by atoms with E-state index in [1.165, 1.54) is 9.54 Å². The molecule has 0 spiro atoms. The zero-order valence-electron chi connectivity index (χ0n) is 17.0. The lowest BCUT2D eigenvalue weighted by Crippen LogP contribution is -2.16. The molecule has 0 radical (unpaired) electrons. The van der Waals surface area contributed by atoms with Crippen molar-refractivity contribution in [3.05, 3.63) is 71.6 Å². The predicted octanol–water partition coefficient (Wildman–Crippen LogP) is 5.19. The smallest absolute Gasteiger partial charge is 0.279 e. The molecule has 0 atom stereocenters. The largest absolute Gasteiger partial charge is 0.325 e. The summed E-state index contributed by atoms with van der Waals surface area (Å²) in [7, 11) is -3.81. The minimum absolute atomic E-state index is 0.0369. The van der Waals surface area contributed by atoms with Crippen LogP contribution in [0.5, 0.6) is 0 Å². The van der Waals surface area contributed by atoms with Gasteiger partial charge in [0.25, 0.3) is 10.0 Å². The zero-order valence-corrected chi connectivity index (χ0v) is 19.4. The molecule has 9 heteroatoms. The second-order valence-corrected chi connectivity index (χ2v) is 11.1. The van der Waals surface area contributed by atoms with Crippen LogP contribution in [0.25, 0.3) is 11.0 Å². The molecule has 160 valence electrons. The van der Waals surface area contributed by atoms with Gasteiger partial charge in [-0.2, -0.15) is 8.42 Å². The fourth-order valence-electron chi connectivity index (χ4n) is 3.08. The molecule has 1 N–H and O–H groups in total. The summed E-state index contributed by atoms with van der Waals surface area (Å²) in [5.41, 5.74) is 2.95. The van der Waals surface area contributed by atoms with Crippen molar-refractivity contribution < 1.29 is 13.2 Å². The first-order chi connectivity index (χ1) is 14.9. The van der Waals surface area contributed by atoms with Crippen molar-refractivity contribution in [3.8, 4) is 0 Å². The predicted molar refractivity (Wildman–Crippen MR) is 127 cm³/mol. The fraction of sp³-hybridized carbons (Fsp3) is 0.182. The Morgan fingerprint density at radius 1 is 1.10 bits per heavy atom. The summed E-state index contributed by atoms with van der Waals surface area (Å²) < 4.78 is 27.9. The van der Waals surface area contributed by atoms with Gasteiger partial charge >= 0.3 is 0 Å². The standard InChI is InChI=1S/C22H21N3O3S3/c1-15(2)16-9-11-17(12-10-16)23-20(26)14-30-22-24-18-6-3-4-7-19(18)25(22)31(27,28)21-8-5-13-29-21/h3-13,15H,14H2,1-2H3,(H,23,26). The first-order valence-electron chi connectivity index (χ1n) is 9.65. The van der Waals surface area contributed by atoms with Gasteiger partial charge in [-0.15, -0.1) is 11.3 Å². The summed E-state index contributed by atoms with van der Waals surface area (Å²) in [6.07, 6.45) is 0. The number of carbonyl (C=O) groups excluding carboxylic acids is 1. The normalized spacial score (nSPS) is 11.8. The molecule has 0 aliphatic rings. The van der Waals surface area contributed by atoms with Crippen molar-refractivity contribution in [1.29, 1.82) is 0 Å². The number of aromatic nitrogens is 2. The molecule has 0 aliphatic heterocycles. The van der Waals surface area contributed by atoms with E-state index in [1.807, 2.05) is 24.3 Å². The van der Waals surface area contributed by atoms with Crippen LogP contribution in [0.4, 0.5) is 5.69 Å². The summed E-state index contributed by atoms with van der Waals surface area (Å²) in [5.74, 6) is 0.225. The van der Waals surface area contributed by atoms with Crippen molar-refractivity contribution in [2.24, 2.45) is 0 Å². The maximum absolute atomic E-state index is 13.2. The van der Waals surface area contributed by atoms with Crippen LogP contribution in [-0.2, 0) is 14.8 Å². The number of anilines is 1. The van der Waals surface area contributed by atoms with Gasteiger partial charge in [0.1, 0.15) is 4.21 Å². The Labute approximate surface area is 189 Å². The van der Waals surface area contributed by atoms with Crippen molar-refractivity contribution >= 4 is 55.7 Å². The van der Waals surface area contributed by atoms with Crippen LogP contribution in [0.3, 0.4) is 0 Å². The Morgan fingerprint density at radius 2 is 1.84 bits per heavy atom. The van der Waals surface area contributed by atoms with Crippen molar-refractivity contribution in [2.75, 3.05) is 11.1 Å². The van der Waals surface area contributed by atoms with E-state index in [2.05, 4.69) is 24.1 Å². The maximum atomic E-state index is 13.2. The second kappa shape index (κ2) is 8.86. The van der Waals surface area contributed by atoms with Gasteiger partial charge in [-0.25, -0.2) is 8.96 Å². The molecule has 0 saturated heterocycles. The number of carbonyl (C=O) groups is 1. The topological polar surface area (TPSA) is 81.1 Å². The molecule has 2 heterocycles. The number of fused-ring (bicyclic) bond motifs is 1. The molecular formula is C22H21N3O3S3. The van der Waals surface area contributed by atoms with Crippen LogP contribution in [0.15, 0.2) is 75.4 Å². The van der Waals surface area contributed by atoms with Crippen molar-refractivity contribution in [3.63, 3.8) is 0 Å². The van der Waals surface area contributed by atoms with E-state index >= 15 is 0 Å². The van der Waals surface area contributed by atoms with Crippen LogP contribution in [0, 0.1) is 0 Å². The monoisotopic (exact) mass is 471 g/mol. The highest BCUT2D eigenvalue weighted by molar-refractivity contribution is 8.00. The third kappa shape index (κ3) is 4.53. The minimum Gasteiger partial charge on any atom is -0.325 e. The lowest BCUT2D eigenvalue weighted by atomic mass is 10.0. The lowest BCUT2D eigenvalue weighted by Gasteiger charge is -2.10. The Morgan fingerprint density at radius 3 is 2.52 bits per heavy atom. The Hall–Kier alpha value is -2.62. The van der Waals surface area contributed by atoms with Gasteiger partial charge in [-0.1, -0.05) is 55.9 Å². The van der Waals surface area contributed by atoms with Gasteiger partial charge in [0.15, 0.2) is 5.16 Å². The maximum Gasteiger partial charge on any atom is 0.279 e. The van der Waals surface area contributed by atoms with E-state index in [9.17, 15) is 13.2 Å². The minimum atomic E-state index is -3.81. The molecule has 6 nitrogen and oxygen atoms in total. The summed E-state index contributed by atoms with van der Waals surface area (Å²) in [5, 5.41) is 4.84. The molecule has 4 aromatic rings. The van der Waals surface area contributed by atoms with Crippen LogP contribution < -0.4 is 5.32 Å². The lowest BCUT2D eigenvalue weighted by molar-refractivity contribution is -0.113. The summed E-state index contributed by atoms with van der Waals surface area (Å²) in [6, 6.07) is 18.0. The van der Waals surface area contributed by atoms with E-state index in [0.29, 0.717) is 22.6 Å². The van der Waals surface area contributed by atoms with Gasteiger partial charge in [0.2, 0.25) is 5.91 Å². The highest BCUT2D eigenvalue weighted by atomic mass is 32.2. The van der Waals surface area contributed by atoms with E-state index in [4.69, 9.17) is 0 Å². The SMILES string of the molecule is CC(C)c1ccc(NC(=O)CSc2nc3ccccc3n2S(=O)(=O)c2cccs2)cc1. The van der Waals surface area contributed by atoms with Gasteiger partial charge < -0.3 is 5.32 Å². The molecule has 0 unspecified atom stereocenters. The number of benzene rings is 2. The molecule has 0 saturated carbocycles. The van der Waals surface area contributed by atoms with E-state index < -0.39 is 10.0 Å². The van der Waals surface area contributed by atoms with Crippen LogP contribution >= 0.6 is 23.1 Å². The van der Waals surface area contributed by atoms with E-state index in [-0.39, 0.29) is 21.0 Å². The Balaban J connectivity index is 1.57. The quantitative estimate of drug-likeness (QED) is 0.375. The summed E-state index contributed by atoms with van der Waals surface area (Å²) >= 11 is 2.25. The average Bonchev–Trinajstić information content (AvgIpc) is 3.41. The number of para-hydroxylation sites is 2. The van der Waals surface area contributed by atoms with E-state index in [0.717, 1.165) is 23.1 Å². The summed E-state index contributed by atoms with van der Waals surface area (Å²) in [4.78, 5) is 17.0. The molecular weight excluding hydrogens is 450 g/mol. The molecule has 2 aromatic carbocycles. The number of nitrogens with one attached hydrogen (secondary N) is 1. The third-order valence-corrected chi connectivity index (χ3v) is 8.80. The van der Waals surface area contributed by atoms with Crippen LogP contribution in [0.1, 0.15) is 25.3 Å². The number of amides is 1. The number of hydrogen-bond acceptors (Lipinski definition) is 6. The van der Waals surface area contributed by atoms with E-state index in [1.54, 1.807) is 41.8 Å². The number of thiophene rings is 1. The first kappa shape index (κ1) is 21.6. The molecule has 0 fully saturated rings.